The minimum Gasteiger partial charge on any atom is -0.368 e. The van der Waals surface area contributed by atoms with Gasteiger partial charge in [-0.3, -0.25) is 0 Å². The summed E-state index contributed by atoms with van der Waals surface area (Å²) in [6.07, 6.45) is 5.30. The highest BCUT2D eigenvalue weighted by atomic mass is 15.3. The number of aromatic nitrogens is 5. The number of pyridine rings is 1. The van der Waals surface area contributed by atoms with Gasteiger partial charge < -0.3 is 9.80 Å². The Hall–Kier alpha value is -3.47. The maximum atomic E-state index is 9.02. The molecule has 0 unspecified atom stereocenters. The summed E-state index contributed by atoms with van der Waals surface area (Å²) in [5, 5.41) is 13.3. The number of hydrogen-bond donors (Lipinski definition) is 0. The highest BCUT2D eigenvalue weighted by molar-refractivity contribution is 5.52. The van der Waals surface area contributed by atoms with Crippen molar-refractivity contribution in [2.45, 2.75) is 6.92 Å². The zero-order valence-corrected chi connectivity index (χ0v) is 14.4. The molecular formula is C18H18N8. The van der Waals surface area contributed by atoms with Crippen LogP contribution in [-0.2, 0) is 0 Å². The molecule has 3 aromatic rings. The molecule has 1 saturated heterocycles. The van der Waals surface area contributed by atoms with Gasteiger partial charge in [0.2, 0.25) is 0 Å². The van der Waals surface area contributed by atoms with Crippen molar-refractivity contribution >= 4 is 11.5 Å². The Kier molecular flexibility index (Phi) is 4.19. The number of anilines is 2. The molecule has 0 radical (unpaired) electrons. The van der Waals surface area contributed by atoms with E-state index in [1.54, 1.807) is 17.1 Å². The number of nitrogens with zero attached hydrogens (tertiary/aromatic N) is 8. The molecule has 1 aliphatic heterocycles. The van der Waals surface area contributed by atoms with Crippen molar-refractivity contribution in [3.05, 3.63) is 54.4 Å². The highest BCUT2D eigenvalue weighted by Crippen LogP contribution is 2.21. The third-order valence-corrected chi connectivity index (χ3v) is 4.38. The molecule has 4 heterocycles. The first-order valence-electron chi connectivity index (χ1n) is 8.45. The third kappa shape index (κ3) is 3.19. The van der Waals surface area contributed by atoms with Gasteiger partial charge in [0.1, 0.15) is 23.4 Å². The van der Waals surface area contributed by atoms with Crippen molar-refractivity contribution in [1.82, 2.24) is 24.7 Å². The van der Waals surface area contributed by atoms with Gasteiger partial charge >= 0.3 is 0 Å². The molecule has 0 spiro atoms. The van der Waals surface area contributed by atoms with E-state index in [0.717, 1.165) is 49.3 Å². The van der Waals surface area contributed by atoms with Crippen LogP contribution in [0.2, 0.25) is 0 Å². The fourth-order valence-corrected chi connectivity index (χ4v) is 3.09. The van der Waals surface area contributed by atoms with Crippen LogP contribution in [0.5, 0.6) is 0 Å². The van der Waals surface area contributed by atoms with E-state index < -0.39 is 0 Å². The summed E-state index contributed by atoms with van der Waals surface area (Å²) in [5.41, 5.74) is 1.48. The molecule has 0 aromatic carbocycles. The monoisotopic (exact) mass is 346 g/mol. The van der Waals surface area contributed by atoms with Crippen LogP contribution in [-0.4, -0.2) is 50.9 Å². The van der Waals surface area contributed by atoms with Gasteiger partial charge in [-0.05, 0) is 25.1 Å². The average Bonchev–Trinajstić information content (AvgIpc) is 3.23. The minimum atomic E-state index is 0.445. The van der Waals surface area contributed by atoms with Crippen LogP contribution in [0.4, 0.5) is 11.5 Å². The van der Waals surface area contributed by atoms with E-state index in [-0.39, 0.29) is 0 Å². The standard InChI is InChI=1S/C18H18N8/c1-14-22-17(12-18(23-14)26-6-2-4-21-26)25-9-7-24(8-10-25)16-3-5-20-15(11-16)13-19/h2-6,11-12H,7-10H2,1H3. The molecule has 1 fully saturated rings. The fourth-order valence-electron chi connectivity index (χ4n) is 3.09. The van der Waals surface area contributed by atoms with Crippen LogP contribution >= 0.6 is 0 Å². The second-order valence-corrected chi connectivity index (χ2v) is 6.07. The van der Waals surface area contributed by atoms with E-state index in [4.69, 9.17) is 5.26 Å². The number of rotatable bonds is 3. The van der Waals surface area contributed by atoms with Crippen LogP contribution in [0.15, 0.2) is 42.9 Å². The van der Waals surface area contributed by atoms with Crippen LogP contribution < -0.4 is 9.80 Å². The second kappa shape index (κ2) is 6.80. The minimum absolute atomic E-state index is 0.445. The Bertz CT molecular complexity index is 936. The van der Waals surface area contributed by atoms with Crippen LogP contribution in [0.25, 0.3) is 5.82 Å². The Morgan fingerprint density at radius 2 is 1.77 bits per heavy atom. The lowest BCUT2D eigenvalue weighted by Gasteiger charge is -2.36. The molecule has 0 saturated carbocycles. The predicted molar refractivity (Wildman–Crippen MR) is 97.3 cm³/mol. The zero-order chi connectivity index (χ0) is 17.9. The highest BCUT2D eigenvalue weighted by Gasteiger charge is 2.20. The Morgan fingerprint density at radius 1 is 1.00 bits per heavy atom. The zero-order valence-electron chi connectivity index (χ0n) is 14.4. The van der Waals surface area contributed by atoms with Crippen molar-refractivity contribution in [2.75, 3.05) is 36.0 Å². The molecule has 8 heteroatoms. The van der Waals surface area contributed by atoms with E-state index >= 15 is 0 Å². The molecule has 26 heavy (non-hydrogen) atoms. The van der Waals surface area contributed by atoms with E-state index in [0.29, 0.717) is 5.69 Å². The molecule has 130 valence electrons. The van der Waals surface area contributed by atoms with E-state index in [1.807, 2.05) is 37.4 Å². The maximum absolute atomic E-state index is 9.02. The average molecular weight is 346 g/mol. The molecule has 8 nitrogen and oxygen atoms in total. The van der Waals surface area contributed by atoms with Crippen LogP contribution in [0.3, 0.4) is 0 Å². The quantitative estimate of drug-likeness (QED) is 0.711. The van der Waals surface area contributed by atoms with Gasteiger partial charge in [-0.25, -0.2) is 19.6 Å². The summed E-state index contributed by atoms with van der Waals surface area (Å²) < 4.78 is 1.74. The summed E-state index contributed by atoms with van der Waals surface area (Å²) >= 11 is 0. The number of aryl methyl sites for hydroxylation is 1. The molecule has 0 bridgehead atoms. The van der Waals surface area contributed by atoms with E-state index in [9.17, 15) is 0 Å². The Labute approximate surface area is 151 Å². The molecule has 0 aliphatic carbocycles. The summed E-state index contributed by atoms with van der Waals surface area (Å²) in [7, 11) is 0. The lowest BCUT2D eigenvalue weighted by atomic mass is 10.2. The van der Waals surface area contributed by atoms with Crippen LogP contribution in [0.1, 0.15) is 11.5 Å². The van der Waals surface area contributed by atoms with E-state index in [2.05, 4.69) is 35.9 Å². The van der Waals surface area contributed by atoms with Gasteiger partial charge in [0.05, 0.1) is 0 Å². The predicted octanol–water partition coefficient (Wildman–Crippen LogP) is 1.56. The lowest BCUT2D eigenvalue weighted by Crippen LogP contribution is -2.47. The van der Waals surface area contributed by atoms with Gasteiger partial charge in [0.15, 0.2) is 5.82 Å². The summed E-state index contributed by atoms with van der Waals surface area (Å²) in [4.78, 5) is 17.6. The van der Waals surface area contributed by atoms with Gasteiger partial charge in [-0.1, -0.05) is 0 Å². The fraction of sp³-hybridized carbons (Fsp3) is 0.278. The summed E-state index contributed by atoms with van der Waals surface area (Å²) in [5.74, 6) is 2.41. The first kappa shape index (κ1) is 16.0. The molecule has 1 aliphatic rings. The number of hydrogen-bond acceptors (Lipinski definition) is 7. The van der Waals surface area contributed by atoms with Crippen molar-refractivity contribution in [1.29, 1.82) is 5.26 Å². The first-order valence-corrected chi connectivity index (χ1v) is 8.45. The second-order valence-electron chi connectivity index (χ2n) is 6.07. The first-order chi connectivity index (χ1) is 12.7. The van der Waals surface area contributed by atoms with Crippen molar-refractivity contribution in [3.63, 3.8) is 0 Å². The SMILES string of the molecule is Cc1nc(N2CCN(c3ccnc(C#N)c3)CC2)cc(-n2cccn2)n1. The molecule has 4 rings (SSSR count). The van der Waals surface area contributed by atoms with Crippen molar-refractivity contribution in [3.8, 4) is 11.9 Å². The molecule has 0 amide bonds. The number of piperazine rings is 1. The Morgan fingerprint density at radius 3 is 2.50 bits per heavy atom. The van der Waals surface area contributed by atoms with Crippen molar-refractivity contribution in [2.24, 2.45) is 0 Å². The molecular weight excluding hydrogens is 328 g/mol. The summed E-state index contributed by atoms with van der Waals surface area (Å²) in [6, 6.07) is 9.72. The molecule has 0 atom stereocenters. The Balaban J connectivity index is 1.50. The van der Waals surface area contributed by atoms with Gasteiger partial charge in [0.25, 0.3) is 0 Å². The lowest BCUT2D eigenvalue weighted by molar-refractivity contribution is 0.644. The smallest absolute Gasteiger partial charge is 0.159 e. The topological polar surface area (TPSA) is 86.8 Å². The normalized spacial score (nSPS) is 14.3. The molecule has 0 N–H and O–H groups in total. The van der Waals surface area contributed by atoms with Crippen molar-refractivity contribution < 1.29 is 0 Å². The van der Waals surface area contributed by atoms with E-state index in [1.165, 1.54) is 0 Å². The van der Waals surface area contributed by atoms with Gasteiger partial charge in [0, 0.05) is 56.5 Å². The maximum Gasteiger partial charge on any atom is 0.159 e. The number of nitriles is 1. The summed E-state index contributed by atoms with van der Waals surface area (Å²) in [6.45, 7) is 5.30. The van der Waals surface area contributed by atoms with Gasteiger partial charge in [-0.2, -0.15) is 10.4 Å². The largest absolute Gasteiger partial charge is 0.368 e. The van der Waals surface area contributed by atoms with Gasteiger partial charge in [-0.15, -0.1) is 0 Å². The molecule has 3 aromatic heterocycles. The van der Waals surface area contributed by atoms with Crippen LogP contribution in [0, 0.1) is 18.3 Å². The third-order valence-electron chi connectivity index (χ3n) is 4.38.